The maximum Gasteiger partial charge on any atom is 0.243 e. The smallest absolute Gasteiger partial charge is 0.243 e. The second-order valence-corrected chi connectivity index (χ2v) is 6.83. The topological polar surface area (TPSA) is 70.2 Å². The van der Waals surface area contributed by atoms with Crippen LogP contribution in [0.3, 0.4) is 0 Å². The Balaban J connectivity index is 1.68. The molecule has 21 heavy (non-hydrogen) atoms. The monoisotopic (exact) mass is 371 g/mol. The van der Waals surface area contributed by atoms with Gasteiger partial charge in [-0.15, -0.1) is 0 Å². The lowest BCUT2D eigenvalue weighted by Gasteiger charge is -2.22. The lowest BCUT2D eigenvalue weighted by Crippen LogP contribution is -2.42. The Morgan fingerprint density at radius 3 is 2.71 bits per heavy atom. The average molecular weight is 372 g/mol. The third kappa shape index (κ3) is 6.07. The summed E-state index contributed by atoms with van der Waals surface area (Å²) < 4.78 is 0.951. The first-order valence-electron chi connectivity index (χ1n) is 6.77. The highest BCUT2D eigenvalue weighted by atomic mass is 79.9. The molecular formula is C14H18BrN3O2S. The van der Waals surface area contributed by atoms with Crippen LogP contribution in [-0.2, 0) is 9.59 Å². The van der Waals surface area contributed by atoms with Gasteiger partial charge >= 0.3 is 0 Å². The molecule has 0 aliphatic carbocycles. The molecule has 0 bridgehead atoms. The van der Waals surface area contributed by atoms with E-state index in [0.29, 0.717) is 12.1 Å². The molecule has 7 heteroatoms. The van der Waals surface area contributed by atoms with Crippen LogP contribution in [0.4, 0.5) is 5.69 Å². The SMILES string of the molecule is O=C(CC1CSCCN1)NCC(=O)Nc1ccc(Br)cc1. The van der Waals surface area contributed by atoms with Crippen molar-refractivity contribution in [3.63, 3.8) is 0 Å². The fraction of sp³-hybridized carbons (Fsp3) is 0.429. The number of amides is 2. The summed E-state index contributed by atoms with van der Waals surface area (Å²) in [7, 11) is 0. The first-order valence-corrected chi connectivity index (χ1v) is 8.71. The van der Waals surface area contributed by atoms with Crippen LogP contribution in [-0.4, -0.2) is 42.5 Å². The molecule has 2 rings (SSSR count). The van der Waals surface area contributed by atoms with E-state index in [4.69, 9.17) is 0 Å². The van der Waals surface area contributed by atoms with Crippen molar-refractivity contribution < 1.29 is 9.59 Å². The van der Waals surface area contributed by atoms with E-state index in [0.717, 1.165) is 22.5 Å². The zero-order valence-electron chi connectivity index (χ0n) is 11.5. The van der Waals surface area contributed by atoms with E-state index in [1.807, 2.05) is 23.9 Å². The predicted octanol–water partition coefficient (Wildman–Crippen LogP) is 1.60. The third-order valence-electron chi connectivity index (χ3n) is 3.00. The van der Waals surface area contributed by atoms with E-state index in [1.54, 1.807) is 12.1 Å². The number of hydrogen-bond acceptors (Lipinski definition) is 4. The highest BCUT2D eigenvalue weighted by molar-refractivity contribution is 9.10. The minimum atomic E-state index is -0.225. The molecule has 1 aliphatic rings. The van der Waals surface area contributed by atoms with Gasteiger partial charge in [0.2, 0.25) is 11.8 Å². The Hall–Kier alpha value is -1.05. The zero-order chi connectivity index (χ0) is 15.1. The summed E-state index contributed by atoms with van der Waals surface area (Å²) >= 11 is 5.18. The molecular weight excluding hydrogens is 354 g/mol. The zero-order valence-corrected chi connectivity index (χ0v) is 13.9. The molecule has 1 fully saturated rings. The van der Waals surface area contributed by atoms with Gasteiger partial charge in [-0.2, -0.15) is 11.8 Å². The van der Waals surface area contributed by atoms with Gasteiger partial charge in [0.15, 0.2) is 0 Å². The van der Waals surface area contributed by atoms with Gasteiger partial charge < -0.3 is 16.0 Å². The van der Waals surface area contributed by atoms with Gasteiger partial charge in [0, 0.05) is 40.7 Å². The molecule has 1 heterocycles. The van der Waals surface area contributed by atoms with Crippen LogP contribution in [0, 0.1) is 0 Å². The number of carbonyl (C=O) groups is 2. The molecule has 1 aromatic rings. The molecule has 1 aliphatic heterocycles. The lowest BCUT2D eigenvalue weighted by atomic mass is 10.2. The first-order chi connectivity index (χ1) is 10.1. The molecule has 1 unspecified atom stereocenters. The van der Waals surface area contributed by atoms with Crippen molar-refractivity contribution in [2.24, 2.45) is 0 Å². The van der Waals surface area contributed by atoms with Gasteiger partial charge in [-0.05, 0) is 24.3 Å². The number of hydrogen-bond donors (Lipinski definition) is 3. The van der Waals surface area contributed by atoms with Crippen LogP contribution in [0.15, 0.2) is 28.7 Å². The van der Waals surface area contributed by atoms with Crippen LogP contribution in [0.25, 0.3) is 0 Å². The summed E-state index contributed by atoms with van der Waals surface area (Å²) in [5.74, 6) is 1.71. The summed E-state index contributed by atoms with van der Waals surface area (Å²) in [5, 5.41) is 8.68. The number of anilines is 1. The summed E-state index contributed by atoms with van der Waals surface area (Å²) in [5.41, 5.74) is 0.711. The molecule has 0 spiro atoms. The van der Waals surface area contributed by atoms with Crippen molar-refractivity contribution in [2.75, 3.05) is 29.9 Å². The summed E-state index contributed by atoms with van der Waals surface area (Å²) in [6.45, 7) is 0.932. The maximum absolute atomic E-state index is 11.8. The van der Waals surface area contributed by atoms with Crippen LogP contribution in [0.2, 0.25) is 0 Å². The van der Waals surface area contributed by atoms with Crippen LogP contribution in [0.1, 0.15) is 6.42 Å². The Morgan fingerprint density at radius 1 is 1.29 bits per heavy atom. The van der Waals surface area contributed by atoms with Crippen molar-refractivity contribution in [3.8, 4) is 0 Å². The van der Waals surface area contributed by atoms with E-state index in [2.05, 4.69) is 31.9 Å². The standard InChI is InChI=1S/C14H18BrN3O2S/c15-10-1-3-11(4-2-10)18-14(20)8-17-13(19)7-12-9-21-6-5-16-12/h1-4,12,16H,5-9H2,(H,17,19)(H,18,20). The normalized spacial score (nSPS) is 18.0. The van der Waals surface area contributed by atoms with Crippen molar-refractivity contribution in [1.82, 2.24) is 10.6 Å². The third-order valence-corrected chi connectivity index (χ3v) is 4.66. The molecule has 3 N–H and O–H groups in total. The van der Waals surface area contributed by atoms with Gasteiger partial charge in [0.05, 0.1) is 6.54 Å². The van der Waals surface area contributed by atoms with E-state index >= 15 is 0 Å². The number of thioether (sulfide) groups is 1. The summed E-state index contributed by atoms with van der Waals surface area (Å²) in [6.07, 6.45) is 0.415. The minimum Gasteiger partial charge on any atom is -0.347 e. The lowest BCUT2D eigenvalue weighted by molar-refractivity contribution is -0.124. The molecule has 1 atom stereocenters. The van der Waals surface area contributed by atoms with Crippen LogP contribution < -0.4 is 16.0 Å². The molecule has 0 saturated carbocycles. The number of carbonyl (C=O) groups excluding carboxylic acids is 2. The number of benzene rings is 1. The second kappa shape index (κ2) is 8.41. The molecule has 1 aromatic carbocycles. The molecule has 0 aromatic heterocycles. The molecule has 0 radical (unpaired) electrons. The molecule has 5 nitrogen and oxygen atoms in total. The molecule has 1 saturated heterocycles. The minimum absolute atomic E-state index is 0.00520. The van der Waals surface area contributed by atoms with Gasteiger partial charge in [-0.25, -0.2) is 0 Å². The number of rotatable bonds is 5. The maximum atomic E-state index is 11.8. The fourth-order valence-electron chi connectivity index (χ4n) is 1.96. The Bertz CT molecular complexity index is 489. The van der Waals surface area contributed by atoms with Crippen molar-refractivity contribution >= 4 is 45.2 Å². The van der Waals surface area contributed by atoms with E-state index in [9.17, 15) is 9.59 Å². The van der Waals surface area contributed by atoms with E-state index < -0.39 is 0 Å². The molecule has 114 valence electrons. The second-order valence-electron chi connectivity index (χ2n) is 4.76. The van der Waals surface area contributed by atoms with E-state index in [1.165, 1.54) is 0 Å². The highest BCUT2D eigenvalue weighted by Crippen LogP contribution is 2.13. The largest absolute Gasteiger partial charge is 0.347 e. The number of halogens is 1. The molecule has 2 amide bonds. The fourth-order valence-corrected chi connectivity index (χ4v) is 3.18. The van der Waals surface area contributed by atoms with Gasteiger partial charge in [-0.1, -0.05) is 15.9 Å². The van der Waals surface area contributed by atoms with Crippen molar-refractivity contribution in [1.29, 1.82) is 0 Å². The van der Waals surface area contributed by atoms with Gasteiger partial charge in [0.1, 0.15) is 0 Å². The average Bonchev–Trinajstić information content (AvgIpc) is 2.49. The van der Waals surface area contributed by atoms with Crippen LogP contribution in [0.5, 0.6) is 0 Å². The first kappa shape index (κ1) is 16.3. The number of nitrogens with one attached hydrogen (secondary N) is 3. The Labute approximate surface area is 136 Å². The van der Waals surface area contributed by atoms with Gasteiger partial charge in [0.25, 0.3) is 0 Å². The Kier molecular flexibility index (Phi) is 6.53. The van der Waals surface area contributed by atoms with Gasteiger partial charge in [-0.3, -0.25) is 9.59 Å². The quantitative estimate of drug-likeness (QED) is 0.735. The van der Waals surface area contributed by atoms with Crippen molar-refractivity contribution in [3.05, 3.63) is 28.7 Å². The van der Waals surface area contributed by atoms with E-state index in [-0.39, 0.29) is 24.4 Å². The summed E-state index contributed by atoms with van der Waals surface area (Å²) in [4.78, 5) is 23.5. The Morgan fingerprint density at radius 2 is 2.05 bits per heavy atom. The summed E-state index contributed by atoms with van der Waals surface area (Å²) in [6, 6.07) is 7.50. The predicted molar refractivity (Wildman–Crippen MR) is 89.5 cm³/mol. The van der Waals surface area contributed by atoms with Crippen molar-refractivity contribution in [2.45, 2.75) is 12.5 Å². The highest BCUT2D eigenvalue weighted by Gasteiger charge is 2.16. The van der Waals surface area contributed by atoms with Crippen LogP contribution >= 0.6 is 27.7 Å².